The van der Waals surface area contributed by atoms with Crippen molar-refractivity contribution in [3.8, 4) is 0 Å². The predicted molar refractivity (Wildman–Crippen MR) is 105 cm³/mol. The first-order valence-corrected chi connectivity index (χ1v) is 8.72. The zero-order valence-corrected chi connectivity index (χ0v) is 16.1. The lowest BCUT2D eigenvalue weighted by Crippen LogP contribution is -2.58. The van der Waals surface area contributed by atoms with Gasteiger partial charge in [0.1, 0.15) is 29.4 Å². The standard InChI is InChI=1S/C20H23FN4O4/c1-20(11-26,19(23)28)25-18(27)17(24-2)14-9-13(7-8-16(14)22)29-10-12-5-3-4-6-15(12)21/h3-9,22,24,26H,10-11H2,1-2H3,(H2,23,28)(H,25,27)/b17-14-,22-16?. The van der Waals surface area contributed by atoms with E-state index in [2.05, 4.69) is 10.6 Å². The molecule has 0 saturated carbocycles. The molecule has 6 N–H and O–H groups in total. The summed E-state index contributed by atoms with van der Waals surface area (Å²) in [6.45, 7) is 0.565. The van der Waals surface area contributed by atoms with Crippen molar-refractivity contribution >= 4 is 17.5 Å². The molecule has 9 heteroatoms. The number of nitrogens with one attached hydrogen (secondary N) is 3. The maximum atomic E-state index is 13.7. The van der Waals surface area contributed by atoms with Crippen LogP contribution in [0.5, 0.6) is 0 Å². The minimum absolute atomic E-state index is 0.0209. The second kappa shape index (κ2) is 9.16. The number of nitrogens with two attached hydrogens (primary N) is 1. The Morgan fingerprint density at radius 1 is 1.31 bits per heavy atom. The molecule has 1 atom stereocenters. The zero-order chi connectivity index (χ0) is 21.6. The fourth-order valence-corrected chi connectivity index (χ4v) is 2.46. The highest BCUT2D eigenvalue weighted by molar-refractivity contribution is 6.15. The molecular formula is C20H23FN4O4. The van der Waals surface area contributed by atoms with Crippen molar-refractivity contribution in [2.45, 2.75) is 19.1 Å². The maximum Gasteiger partial charge on any atom is 0.268 e. The first-order valence-electron chi connectivity index (χ1n) is 8.72. The lowest BCUT2D eigenvalue weighted by Gasteiger charge is -2.26. The summed E-state index contributed by atoms with van der Waals surface area (Å²) in [4.78, 5) is 24.2. The van der Waals surface area contributed by atoms with Crippen LogP contribution in [-0.2, 0) is 20.9 Å². The minimum atomic E-state index is -1.67. The minimum Gasteiger partial charge on any atom is -0.489 e. The van der Waals surface area contributed by atoms with Gasteiger partial charge in [-0.15, -0.1) is 0 Å². The average molecular weight is 402 g/mol. The number of benzene rings is 1. The third-order valence-corrected chi connectivity index (χ3v) is 4.34. The van der Waals surface area contributed by atoms with Crippen LogP contribution in [0.25, 0.3) is 0 Å². The molecule has 1 unspecified atom stereocenters. The number of primary amides is 1. The van der Waals surface area contributed by atoms with Crippen LogP contribution in [0.15, 0.2) is 59.5 Å². The number of hydrogen-bond acceptors (Lipinski definition) is 6. The monoisotopic (exact) mass is 402 g/mol. The number of aliphatic hydroxyl groups excluding tert-OH is 1. The van der Waals surface area contributed by atoms with Crippen LogP contribution < -0.4 is 16.4 Å². The number of likely N-dealkylation sites (N-methyl/N-ethyl adjacent to an activating group) is 1. The highest BCUT2D eigenvalue weighted by Gasteiger charge is 2.33. The van der Waals surface area contributed by atoms with Gasteiger partial charge in [0.25, 0.3) is 5.91 Å². The van der Waals surface area contributed by atoms with E-state index < -0.39 is 29.8 Å². The van der Waals surface area contributed by atoms with Crippen molar-refractivity contribution < 1.29 is 23.8 Å². The van der Waals surface area contributed by atoms with Gasteiger partial charge in [-0.2, -0.15) is 0 Å². The molecule has 1 aliphatic carbocycles. The van der Waals surface area contributed by atoms with Crippen molar-refractivity contribution in [2.75, 3.05) is 13.7 Å². The molecule has 0 fully saturated rings. The van der Waals surface area contributed by atoms with Gasteiger partial charge in [0, 0.05) is 18.2 Å². The fraction of sp³-hybridized carbons (Fsp3) is 0.250. The smallest absolute Gasteiger partial charge is 0.268 e. The van der Waals surface area contributed by atoms with E-state index >= 15 is 0 Å². The molecule has 0 aliphatic heterocycles. The van der Waals surface area contributed by atoms with Gasteiger partial charge in [-0.3, -0.25) is 9.59 Å². The average Bonchev–Trinajstić information content (AvgIpc) is 2.69. The van der Waals surface area contributed by atoms with Gasteiger partial charge in [-0.1, -0.05) is 18.2 Å². The first kappa shape index (κ1) is 21.8. The van der Waals surface area contributed by atoms with Gasteiger partial charge in [0.2, 0.25) is 5.91 Å². The number of aliphatic hydroxyl groups is 1. The Bertz CT molecular complexity index is 923. The summed E-state index contributed by atoms with van der Waals surface area (Å²) in [6, 6.07) is 6.18. The van der Waals surface area contributed by atoms with Crippen molar-refractivity contribution in [1.82, 2.24) is 10.6 Å². The summed E-state index contributed by atoms with van der Waals surface area (Å²) < 4.78 is 19.3. The first-order chi connectivity index (χ1) is 13.7. The van der Waals surface area contributed by atoms with Crippen molar-refractivity contribution in [3.63, 3.8) is 0 Å². The molecule has 1 aromatic rings. The van der Waals surface area contributed by atoms with E-state index in [0.717, 1.165) is 0 Å². The predicted octanol–water partition coefficient (Wildman–Crippen LogP) is 0.642. The van der Waals surface area contributed by atoms with Gasteiger partial charge in [0.15, 0.2) is 0 Å². The lowest BCUT2D eigenvalue weighted by atomic mass is 9.99. The quantitative estimate of drug-likeness (QED) is 0.406. The van der Waals surface area contributed by atoms with E-state index in [1.54, 1.807) is 18.2 Å². The van der Waals surface area contributed by atoms with E-state index in [4.69, 9.17) is 15.9 Å². The second-order valence-corrected chi connectivity index (χ2v) is 6.52. The summed E-state index contributed by atoms with van der Waals surface area (Å²) >= 11 is 0. The molecule has 0 aromatic heterocycles. The summed E-state index contributed by atoms with van der Waals surface area (Å²) in [5.74, 6) is -1.72. The van der Waals surface area contributed by atoms with E-state index in [9.17, 15) is 19.1 Å². The topological polar surface area (TPSA) is 138 Å². The number of carbonyl (C=O) groups excluding carboxylic acids is 2. The number of allylic oxidation sites excluding steroid dienone is 4. The molecule has 0 saturated heterocycles. The molecular weight excluding hydrogens is 379 g/mol. The Labute approximate surface area is 167 Å². The van der Waals surface area contributed by atoms with Gasteiger partial charge in [-0.05, 0) is 31.2 Å². The lowest BCUT2D eigenvalue weighted by molar-refractivity contribution is -0.131. The normalized spacial score (nSPS) is 17.1. The molecule has 29 heavy (non-hydrogen) atoms. The Morgan fingerprint density at radius 3 is 2.59 bits per heavy atom. The highest BCUT2D eigenvalue weighted by atomic mass is 19.1. The molecule has 1 aromatic carbocycles. The Balaban J connectivity index is 2.28. The maximum absolute atomic E-state index is 13.7. The number of halogens is 1. The number of ether oxygens (including phenoxy) is 1. The third-order valence-electron chi connectivity index (χ3n) is 4.34. The number of rotatable bonds is 8. The summed E-state index contributed by atoms with van der Waals surface area (Å²) in [6.07, 6.45) is 4.41. The fourth-order valence-electron chi connectivity index (χ4n) is 2.46. The molecule has 0 spiro atoms. The summed E-state index contributed by atoms with van der Waals surface area (Å²) in [5.41, 5.74) is 4.13. The highest BCUT2D eigenvalue weighted by Crippen LogP contribution is 2.20. The molecule has 1 aliphatic rings. The molecule has 2 amide bonds. The van der Waals surface area contributed by atoms with Crippen molar-refractivity contribution in [3.05, 3.63) is 70.9 Å². The third kappa shape index (κ3) is 5.08. The molecule has 154 valence electrons. The van der Waals surface area contributed by atoms with Gasteiger partial charge in [0.05, 0.1) is 12.3 Å². The summed E-state index contributed by atoms with van der Waals surface area (Å²) in [5, 5.41) is 22.5. The largest absolute Gasteiger partial charge is 0.489 e. The molecule has 2 rings (SSSR count). The van der Waals surface area contributed by atoms with Crippen LogP contribution in [0.3, 0.4) is 0 Å². The molecule has 8 nitrogen and oxygen atoms in total. The van der Waals surface area contributed by atoms with Crippen LogP contribution >= 0.6 is 0 Å². The van der Waals surface area contributed by atoms with E-state index in [0.29, 0.717) is 11.3 Å². The van der Waals surface area contributed by atoms with Crippen LogP contribution in [0.4, 0.5) is 4.39 Å². The number of carbonyl (C=O) groups is 2. The Morgan fingerprint density at radius 2 is 2.00 bits per heavy atom. The van der Waals surface area contributed by atoms with Gasteiger partial charge < -0.3 is 31.6 Å². The Hall–Kier alpha value is -3.46. The van der Waals surface area contributed by atoms with Crippen LogP contribution in [-0.4, -0.2) is 41.8 Å². The van der Waals surface area contributed by atoms with Crippen molar-refractivity contribution in [2.24, 2.45) is 5.73 Å². The van der Waals surface area contributed by atoms with E-state index in [-0.39, 0.29) is 23.6 Å². The molecule has 0 radical (unpaired) electrons. The van der Waals surface area contributed by atoms with E-state index in [1.165, 1.54) is 38.3 Å². The second-order valence-electron chi connectivity index (χ2n) is 6.52. The van der Waals surface area contributed by atoms with Crippen LogP contribution in [0, 0.1) is 11.2 Å². The number of hydrogen-bond donors (Lipinski definition) is 5. The van der Waals surface area contributed by atoms with Gasteiger partial charge >= 0.3 is 0 Å². The van der Waals surface area contributed by atoms with Gasteiger partial charge in [-0.25, -0.2) is 4.39 Å². The Kier molecular flexibility index (Phi) is 6.89. The zero-order valence-electron chi connectivity index (χ0n) is 16.1. The van der Waals surface area contributed by atoms with Crippen molar-refractivity contribution in [1.29, 1.82) is 5.41 Å². The number of amides is 2. The van der Waals surface area contributed by atoms with Crippen LogP contribution in [0.1, 0.15) is 12.5 Å². The molecule has 0 bridgehead atoms. The SMILES string of the molecule is CN/C(C(=O)NC(C)(CO)C(N)=O)=C1/C=C(OCc2ccccc2F)C=CC1=N. The van der Waals surface area contributed by atoms with Crippen LogP contribution in [0.2, 0.25) is 0 Å². The van der Waals surface area contributed by atoms with E-state index in [1.807, 2.05) is 0 Å². The summed E-state index contributed by atoms with van der Waals surface area (Å²) in [7, 11) is 1.47. The molecule has 0 heterocycles.